The lowest BCUT2D eigenvalue weighted by Crippen LogP contribution is -2.08. The summed E-state index contributed by atoms with van der Waals surface area (Å²) in [5.41, 5.74) is 2.80. The minimum Gasteiger partial charge on any atom is -0.396 e. The number of pyridine rings is 1. The first kappa shape index (κ1) is 16.3. The van der Waals surface area contributed by atoms with Crippen molar-refractivity contribution >= 4 is 30.8 Å². The standard InChI is InChI=1S/C16H18N4O.H2S/c1-12(11-21)10-14-8-5-9-15-18-16(19-20(14)15)17-13-6-3-2-4-7-13;/h2-9,12,21H,10-11H2,1H3,(H,17,19);1H2/t12-;/m0./s1. The number of fused-ring (bicyclic) bond motifs is 1. The number of hydrogen-bond acceptors (Lipinski definition) is 4. The molecule has 0 aliphatic rings. The average Bonchev–Trinajstić information content (AvgIpc) is 2.91. The van der Waals surface area contributed by atoms with Gasteiger partial charge in [0.05, 0.1) is 0 Å². The molecule has 3 rings (SSSR count). The van der Waals surface area contributed by atoms with Crippen LogP contribution in [0.4, 0.5) is 11.6 Å². The van der Waals surface area contributed by atoms with Crippen LogP contribution in [0.25, 0.3) is 5.65 Å². The van der Waals surface area contributed by atoms with Crippen molar-refractivity contribution in [2.45, 2.75) is 13.3 Å². The number of aliphatic hydroxyl groups excluding tert-OH is 1. The molecule has 1 atom stereocenters. The highest BCUT2D eigenvalue weighted by atomic mass is 32.1. The van der Waals surface area contributed by atoms with Crippen LogP contribution in [0, 0.1) is 5.92 Å². The second kappa shape index (κ2) is 7.29. The summed E-state index contributed by atoms with van der Waals surface area (Å²) in [7, 11) is 0. The highest BCUT2D eigenvalue weighted by molar-refractivity contribution is 7.59. The van der Waals surface area contributed by atoms with Crippen LogP contribution in [0.15, 0.2) is 48.5 Å². The van der Waals surface area contributed by atoms with Crippen LogP contribution < -0.4 is 5.32 Å². The number of nitrogens with zero attached hydrogens (tertiary/aromatic N) is 3. The van der Waals surface area contributed by atoms with Crippen LogP contribution in [0.3, 0.4) is 0 Å². The Hall–Kier alpha value is -2.05. The summed E-state index contributed by atoms with van der Waals surface area (Å²) in [4.78, 5) is 4.48. The zero-order valence-corrected chi connectivity index (χ0v) is 13.4. The second-order valence-corrected chi connectivity index (χ2v) is 5.21. The van der Waals surface area contributed by atoms with Gasteiger partial charge in [0.25, 0.3) is 0 Å². The first-order valence-electron chi connectivity index (χ1n) is 7.04. The molecule has 6 heteroatoms. The Bertz CT molecular complexity index is 729. The molecule has 2 N–H and O–H groups in total. The van der Waals surface area contributed by atoms with E-state index in [-0.39, 0.29) is 26.0 Å². The molecule has 5 nitrogen and oxygen atoms in total. The lowest BCUT2D eigenvalue weighted by Gasteiger charge is -2.08. The van der Waals surface area contributed by atoms with Gasteiger partial charge in [-0.25, -0.2) is 4.52 Å². The fourth-order valence-corrected chi connectivity index (χ4v) is 2.24. The van der Waals surface area contributed by atoms with Gasteiger partial charge in [0.1, 0.15) is 0 Å². The van der Waals surface area contributed by atoms with Crippen molar-refractivity contribution in [1.82, 2.24) is 14.6 Å². The molecule has 0 radical (unpaired) electrons. The first-order chi connectivity index (χ1) is 10.3. The van der Waals surface area contributed by atoms with E-state index in [4.69, 9.17) is 0 Å². The Morgan fingerprint density at radius 1 is 1.14 bits per heavy atom. The van der Waals surface area contributed by atoms with E-state index >= 15 is 0 Å². The molecule has 116 valence electrons. The van der Waals surface area contributed by atoms with Gasteiger partial charge in [-0.2, -0.15) is 18.5 Å². The predicted octanol–water partition coefficient (Wildman–Crippen LogP) is 2.76. The molecule has 2 heterocycles. The van der Waals surface area contributed by atoms with Crippen LogP contribution in [0.2, 0.25) is 0 Å². The third kappa shape index (κ3) is 3.58. The van der Waals surface area contributed by atoms with Crippen LogP contribution >= 0.6 is 13.5 Å². The van der Waals surface area contributed by atoms with Gasteiger partial charge in [-0.05, 0) is 36.6 Å². The zero-order chi connectivity index (χ0) is 14.7. The number of aliphatic hydroxyl groups is 1. The van der Waals surface area contributed by atoms with E-state index in [9.17, 15) is 5.11 Å². The van der Waals surface area contributed by atoms with Gasteiger partial charge in [0.15, 0.2) is 5.65 Å². The molecule has 0 saturated carbocycles. The topological polar surface area (TPSA) is 62.5 Å². The van der Waals surface area contributed by atoms with Crippen molar-refractivity contribution in [3.8, 4) is 0 Å². The third-order valence-corrected chi connectivity index (χ3v) is 3.34. The minimum absolute atomic E-state index is 0. The van der Waals surface area contributed by atoms with Crippen molar-refractivity contribution in [2.24, 2.45) is 5.92 Å². The number of nitrogens with one attached hydrogen (secondary N) is 1. The quantitative estimate of drug-likeness (QED) is 0.760. The first-order valence-corrected chi connectivity index (χ1v) is 7.04. The van der Waals surface area contributed by atoms with E-state index in [1.165, 1.54) is 0 Å². The van der Waals surface area contributed by atoms with Crippen molar-refractivity contribution < 1.29 is 5.11 Å². The lowest BCUT2D eigenvalue weighted by molar-refractivity contribution is 0.236. The van der Waals surface area contributed by atoms with Gasteiger partial charge in [0, 0.05) is 18.0 Å². The summed E-state index contributed by atoms with van der Waals surface area (Å²) in [5, 5.41) is 16.9. The summed E-state index contributed by atoms with van der Waals surface area (Å²) in [6, 6.07) is 15.8. The zero-order valence-electron chi connectivity index (χ0n) is 12.4. The van der Waals surface area contributed by atoms with E-state index in [0.29, 0.717) is 5.95 Å². The van der Waals surface area contributed by atoms with E-state index < -0.39 is 0 Å². The van der Waals surface area contributed by atoms with Crippen molar-refractivity contribution in [3.05, 3.63) is 54.2 Å². The van der Waals surface area contributed by atoms with E-state index in [2.05, 4.69) is 15.4 Å². The fraction of sp³-hybridized carbons (Fsp3) is 0.250. The summed E-state index contributed by atoms with van der Waals surface area (Å²) in [6.45, 7) is 2.18. The predicted molar refractivity (Wildman–Crippen MR) is 93.0 cm³/mol. The molecule has 2 aromatic heterocycles. The largest absolute Gasteiger partial charge is 0.396 e. The van der Waals surface area contributed by atoms with Crippen LogP contribution in [0.5, 0.6) is 0 Å². The van der Waals surface area contributed by atoms with Gasteiger partial charge < -0.3 is 10.4 Å². The monoisotopic (exact) mass is 316 g/mol. The average molecular weight is 316 g/mol. The fourth-order valence-electron chi connectivity index (χ4n) is 2.24. The number of anilines is 2. The van der Waals surface area contributed by atoms with E-state index in [1.54, 1.807) is 0 Å². The highest BCUT2D eigenvalue weighted by Crippen LogP contribution is 2.16. The van der Waals surface area contributed by atoms with Gasteiger partial charge in [-0.1, -0.05) is 31.2 Å². The van der Waals surface area contributed by atoms with Crippen molar-refractivity contribution in [1.29, 1.82) is 0 Å². The molecule has 0 spiro atoms. The van der Waals surface area contributed by atoms with Gasteiger partial charge in [-0.15, -0.1) is 5.10 Å². The highest BCUT2D eigenvalue weighted by Gasteiger charge is 2.10. The number of aromatic nitrogens is 3. The maximum atomic E-state index is 9.21. The molecule has 0 aliphatic heterocycles. The van der Waals surface area contributed by atoms with Gasteiger partial charge in [0.2, 0.25) is 5.95 Å². The third-order valence-electron chi connectivity index (χ3n) is 3.34. The molecule has 0 saturated heterocycles. The molecule has 0 unspecified atom stereocenters. The molecule has 0 amide bonds. The number of hydrogen-bond donors (Lipinski definition) is 2. The number of para-hydroxylation sites is 1. The van der Waals surface area contributed by atoms with Crippen LogP contribution in [-0.4, -0.2) is 26.3 Å². The summed E-state index contributed by atoms with van der Waals surface area (Å²) >= 11 is 0. The number of benzene rings is 1. The molecule has 1 aromatic carbocycles. The van der Waals surface area contributed by atoms with Gasteiger partial charge >= 0.3 is 0 Å². The Kier molecular flexibility index (Phi) is 5.41. The van der Waals surface area contributed by atoms with Crippen LogP contribution in [0.1, 0.15) is 12.6 Å². The Morgan fingerprint density at radius 2 is 1.91 bits per heavy atom. The summed E-state index contributed by atoms with van der Waals surface area (Å²) < 4.78 is 1.83. The minimum atomic E-state index is 0. The molecule has 3 aromatic rings. The Morgan fingerprint density at radius 3 is 2.64 bits per heavy atom. The van der Waals surface area contributed by atoms with Gasteiger partial charge in [-0.3, -0.25) is 0 Å². The Balaban J connectivity index is 0.00000176. The van der Waals surface area contributed by atoms with E-state index in [0.717, 1.165) is 23.4 Å². The SMILES string of the molecule is C[C@H](CO)Cc1cccc2nc(Nc3ccccc3)nn12.S. The molecular formula is C16H20N4OS. The maximum absolute atomic E-state index is 9.21. The normalized spacial score (nSPS) is 11.9. The molecule has 0 fully saturated rings. The summed E-state index contributed by atoms with van der Waals surface area (Å²) in [6.07, 6.45) is 0.766. The van der Waals surface area contributed by atoms with Crippen molar-refractivity contribution in [2.75, 3.05) is 11.9 Å². The van der Waals surface area contributed by atoms with E-state index in [1.807, 2.05) is 60.0 Å². The molecule has 0 bridgehead atoms. The smallest absolute Gasteiger partial charge is 0.247 e. The number of rotatable bonds is 5. The molecule has 0 aliphatic carbocycles. The second-order valence-electron chi connectivity index (χ2n) is 5.21. The summed E-state index contributed by atoms with van der Waals surface area (Å²) in [5.74, 6) is 0.774. The van der Waals surface area contributed by atoms with Crippen LogP contribution in [-0.2, 0) is 6.42 Å². The molecule has 22 heavy (non-hydrogen) atoms. The lowest BCUT2D eigenvalue weighted by atomic mass is 10.1. The Labute approximate surface area is 136 Å². The molecular weight excluding hydrogens is 296 g/mol. The maximum Gasteiger partial charge on any atom is 0.247 e. The van der Waals surface area contributed by atoms with Crippen molar-refractivity contribution in [3.63, 3.8) is 0 Å².